The van der Waals surface area contributed by atoms with Crippen LogP contribution in [0, 0.1) is 6.92 Å². The van der Waals surface area contributed by atoms with Crippen molar-refractivity contribution in [2.24, 2.45) is 0 Å². The van der Waals surface area contributed by atoms with Crippen LogP contribution in [0.15, 0.2) is 23.1 Å². The summed E-state index contributed by atoms with van der Waals surface area (Å²) in [4.78, 5) is 11.8. The Morgan fingerprint density at radius 3 is 2.88 bits per heavy atom. The van der Waals surface area contributed by atoms with Gasteiger partial charge in [-0.1, -0.05) is 22.0 Å². The van der Waals surface area contributed by atoms with E-state index in [1.807, 2.05) is 25.1 Å². The number of aryl methyl sites for hydroxylation is 1. The molecule has 0 radical (unpaired) electrons. The van der Waals surface area contributed by atoms with Gasteiger partial charge in [-0.05, 0) is 24.6 Å². The highest BCUT2D eigenvalue weighted by Gasteiger charge is 2.15. The number of carbonyl (C=O) groups excluding carboxylic acids is 1. The van der Waals surface area contributed by atoms with Gasteiger partial charge in [0, 0.05) is 16.3 Å². The number of esters is 1. The van der Waals surface area contributed by atoms with E-state index < -0.39 is 0 Å². The van der Waals surface area contributed by atoms with Gasteiger partial charge in [0.05, 0.1) is 7.11 Å². The van der Waals surface area contributed by atoms with Crippen molar-refractivity contribution in [1.29, 1.82) is 0 Å². The van der Waals surface area contributed by atoms with E-state index in [-0.39, 0.29) is 10.8 Å². The van der Waals surface area contributed by atoms with E-state index in [0.29, 0.717) is 5.75 Å². The number of anilines is 1. The van der Waals surface area contributed by atoms with Gasteiger partial charge in [-0.25, -0.2) is 0 Å². The normalized spacial score (nSPS) is 12.2. The third kappa shape index (κ3) is 3.72. The van der Waals surface area contributed by atoms with Crippen LogP contribution in [-0.2, 0) is 9.53 Å². The van der Waals surface area contributed by atoms with E-state index in [4.69, 9.17) is 5.73 Å². The summed E-state index contributed by atoms with van der Waals surface area (Å²) in [5, 5.41) is 0. The van der Waals surface area contributed by atoms with Crippen molar-refractivity contribution in [3.05, 3.63) is 23.8 Å². The predicted octanol–water partition coefficient (Wildman–Crippen LogP) is 2.61. The molecule has 3 nitrogen and oxygen atoms in total. The lowest BCUT2D eigenvalue weighted by Gasteiger charge is -2.09. The number of nitrogens with two attached hydrogens (primary N) is 1. The van der Waals surface area contributed by atoms with Gasteiger partial charge in [-0.15, -0.1) is 11.8 Å². The molecule has 0 saturated heterocycles. The Kier molecular flexibility index (Phi) is 5.15. The molecule has 0 fully saturated rings. The number of ether oxygens (including phenoxy) is 1. The Morgan fingerprint density at radius 1 is 1.62 bits per heavy atom. The average Bonchev–Trinajstić information content (AvgIpc) is 2.26. The molecule has 88 valence electrons. The van der Waals surface area contributed by atoms with Gasteiger partial charge in [-0.2, -0.15) is 0 Å². The zero-order chi connectivity index (χ0) is 12.1. The molecular weight excluding hydrogens is 290 g/mol. The molecule has 0 spiro atoms. The summed E-state index contributed by atoms with van der Waals surface area (Å²) in [6.45, 7) is 1.99. The highest BCUT2D eigenvalue weighted by atomic mass is 79.9. The minimum atomic E-state index is -0.303. The van der Waals surface area contributed by atoms with Crippen LogP contribution >= 0.6 is 27.7 Å². The molecule has 5 heteroatoms. The van der Waals surface area contributed by atoms with Crippen molar-refractivity contribution < 1.29 is 9.53 Å². The lowest BCUT2D eigenvalue weighted by Crippen LogP contribution is -2.17. The Balaban J connectivity index is 2.58. The highest BCUT2D eigenvalue weighted by Crippen LogP contribution is 2.27. The SMILES string of the molecule is COC(=O)C(Br)CSc1ccc(C)cc1N. The Labute approximate surface area is 108 Å². The molecule has 1 aromatic carbocycles. The van der Waals surface area contributed by atoms with Crippen LogP contribution in [-0.4, -0.2) is 23.7 Å². The average molecular weight is 304 g/mol. The van der Waals surface area contributed by atoms with Crippen LogP contribution in [0.1, 0.15) is 5.56 Å². The molecule has 1 aromatic rings. The topological polar surface area (TPSA) is 52.3 Å². The summed E-state index contributed by atoms with van der Waals surface area (Å²) in [7, 11) is 1.38. The maximum Gasteiger partial charge on any atom is 0.320 e. The van der Waals surface area contributed by atoms with E-state index in [1.54, 1.807) is 0 Å². The molecule has 0 aliphatic rings. The smallest absolute Gasteiger partial charge is 0.320 e. The second-order valence-electron chi connectivity index (χ2n) is 3.34. The predicted molar refractivity (Wildman–Crippen MR) is 71.0 cm³/mol. The number of nitrogen functional groups attached to an aromatic ring is 1. The minimum Gasteiger partial charge on any atom is -0.468 e. The van der Waals surface area contributed by atoms with Crippen LogP contribution in [0.5, 0.6) is 0 Å². The second-order valence-corrected chi connectivity index (χ2v) is 5.51. The summed E-state index contributed by atoms with van der Waals surface area (Å²) < 4.78 is 4.62. The Morgan fingerprint density at radius 2 is 2.31 bits per heavy atom. The first-order valence-electron chi connectivity index (χ1n) is 4.75. The summed E-state index contributed by atoms with van der Waals surface area (Å²) >= 11 is 4.80. The van der Waals surface area contributed by atoms with E-state index in [9.17, 15) is 4.79 Å². The molecule has 0 amide bonds. The maximum absolute atomic E-state index is 11.2. The largest absolute Gasteiger partial charge is 0.468 e. The number of thioether (sulfide) groups is 1. The quantitative estimate of drug-likeness (QED) is 0.402. The van der Waals surface area contributed by atoms with Crippen molar-refractivity contribution in [2.75, 3.05) is 18.6 Å². The van der Waals surface area contributed by atoms with Gasteiger partial charge in [0.25, 0.3) is 0 Å². The summed E-state index contributed by atoms with van der Waals surface area (Å²) in [6.07, 6.45) is 0. The number of halogens is 1. The third-order valence-corrected chi connectivity index (χ3v) is 4.32. The molecule has 0 aromatic heterocycles. The van der Waals surface area contributed by atoms with E-state index in [0.717, 1.165) is 16.1 Å². The van der Waals surface area contributed by atoms with Crippen LogP contribution in [0.4, 0.5) is 5.69 Å². The van der Waals surface area contributed by atoms with Gasteiger partial charge < -0.3 is 10.5 Å². The number of benzene rings is 1. The number of hydrogen-bond donors (Lipinski definition) is 1. The zero-order valence-corrected chi connectivity index (χ0v) is 11.6. The molecular formula is C11H14BrNO2S. The first kappa shape index (κ1) is 13.4. The third-order valence-electron chi connectivity index (χ3n) is 2.01. The van der Waals surface area contributed by atoms with E-state index in [2.05, 4.69) is 20.7 Å². The Bertz CT molecular complexity index is 384. The summed E-state index contributed by atoms with van der Waals surface area (Å²) in [5.41, 5.74) is 7.74. The van der Waals surface area contributed by atoms with Gasteiger partial charge in [0.1, 0.15) is 4.83 Å². The maximum atomic E-state index is 11.2. The molecule has 0 aliphatic carbocycles. The van der Waals surface area contributed by atoms with E-state index >= 15 is 0 Å². The van der Waals surface area contributed by atoms with Crippen LogP contribution in [0.3, 0.4) is 0 Å². The van der Waals surface area contributed by atoms with E-state index in [1.165, 1.54) is 18.9 Å². The fraction of sp³-hybridized carbons (Fsp3) is 0.364. The van der Waals surface area contributed by atoms with Crippen LogP contribution < -0.4 is 5.73 Å². The molecule has 0 aliphatic heterocycles. The number of methoxy groups -OCH3 is 1. The van der Waals surface area contributed by atoms with Crippen LogP contribution in [0.2, 0.25) is 0 Å². The molecule has 1 rings (SSSR count). The molecule has 1 unspecified atom stereocenters. The first-order chi connectivity index (χ1) is 7.54. The van der Waals surface area contributed by atoms with Crippen molar-refractivity contribution in [1.82, 2.24) is 0 Å². The van der Waals surface area contributed by atoms with Crippen LogP contribution in [0.25, 0.3) is 0 Å². The zero-order valence-electron chi connectivity index (χ0n) is 9.20. The molecule has 0 saturated carbocycles. The van der Waals surface area contributed by atoms with Crippen molar-refractivity contribution in [2.45, 2.75) is 16.6 Å². The fourth-order valence-electron chi connectivity index (χ4n) is 1.16. The summed E-state index contributed by atoms with van der Waals surface area (Å²) in [5.74, 6) is 0.332. The first-order valence-corrected chi connectivity index (χ1v) is 6.65. The van der Waals surface area contributed by atoms with Crippen molar-refractivity contribution in [3.63, 3.8) is 0 Å². The monoisotopic (exact) mass is 303 g/mol. The molecule has 16 heavy (non-hydrogen) atoms. The lowest BCUT2D eigenvalue weighted by atomic mass is 10.2. The number of alkyl halides is 1. The standard InChI is InChI=1S/C11H14BrNO2S/c1-7-3-4-10(9(13)5-7)16-6-8(12)11(14)15-2/h3-5,8H,6,13H2,1-2H3. The molecule has 0 bridgehead atoms. The van der Waals surface area contributed by atoms with Gasteiger partial charge >= 0.3 is 5.97 Å². The Hall–Kier alpha value is -0.680. The lowest BCUT2D eigenvalue weighted by molar-refractivity contribution is -0.139. The highest BCUT2D eigenvalue weighted by molar-refractivity contribution is 9.10. The second kappa shape index (κ2) is 6.15. The number of carbonyl (C=O) groups is 1. The van der Waals surface area contributed by atoms with Gasteiger partial charge in [0.15, 0.2) is 0 Å². The van der Waals surface area contributed by atoms with Crippen molar-refractivity contribution >= 4 is 39.3 Å². The van der Waals surface area contributed by atoms with Crippen molar-refractivity contribution in [3.8, 4) is 0 Å². The fourth-order valence-corrected chi connectivity index (χ4v) is 2.59. The van der Waals surface area contributed by atoms with Gasteiger partial charge in [-0.3, -0.25) is 4.79 Å². The summed E-state index contributed by atoms with van der Waals surface area (Å²) in [6, 6.07) is 5.89. The molecule has 1 atom stereocenters. The molecule has 2 N–H and O–H groups in total. The number of rotatable bonds is 4. The minimum absolute atomic E-state index is 0.266. The number of hydrogen-bond acceptors (Lipinski definition) is 4. The van der Waals surface area contributed by atoms with Gasteiger partial charge in [0.2, 0.25) is 0 Å². The molecule has 0 heterocycles.